The lowest BCUT2D eigenvalue weighted by molar-refractivity contribution is 0.0697. The smallest absolute Gasteiger partial charge is 0.336 e. The van der Waals surface area contributed by atoms with Crippen molar-refractivity contribution < 1.29 is 18.3 Å². The summed E-state index contributed by atoms with van der Waals surface area (Å²) in [6.07, 6.45) is 0. The predicted octanol–water partition coefficient (Wildman–Crippen LogP) is 2.41. The number of thiophene rings is 1. The van der Waals surface area contributed by atoms with Crippen molar-refractivity contribution in [2.75, 3.05) is 6.54 Å². The fourth-order valence-corrected chi connectivity index (χ4v) is 3.51. The number of hydrogen-bond acceptors (Lipinski definition) is 4. The molecular weight excluding hydrogens is 286 g/mol. The molecule has 0 aromatic carbocycles. The van der Waals surface area contributed by atoms with Crippen molar-refractivity contribution in [2.45, 2.75) is 31.9 Å². The second kappa shape index (κ2) is 5.60. The molecule has 7 heteroatoms. The van der Waals surface area contributed by atoms with E-state index >= 15 is 0 Å². The van der Waals surface area contributed by atoms with Crippen molar-refractivity contribution in [3.8, 4) is 0 Å². The summed E-state index contributed by atoms with van der Waals surface area (Å²) in [5.41, 5.74) is -0.00117. The Kier molecular flexibility index (Phi) is 4.76. The molecule has 0 aliphatic carbocycles. The highest BCUT2D eigenvalue weighted by Gasteiger charge is 2.24. The molecule has 108 valence electrons. The van der Waals surface area contributed by atoms with Gasteiger partial charge >= 0.3 is 5.97 Å². The first kappa shape index (κ1) is 16.1. The largest absolute Gasteiger partial charge is 0.478 e. The van der Waals surface area contributed by atoms with Gasteiger partial charge in [0, 0.05) is 11.9 Å². The Morgan fingerprint density at radius 2 is 2.05 bits per heavy atom. The van der Waals surface area contributed by atoms with E-state index in [4.69, 9.17) is 5.11 Å². The third-order valence-corrected chi connectivity index (χ3v) is 6.01. The molecule has 2 N–H and O–H groups in total. The van der Waals surface area contributed by atoms with Crippen LogP contribution in [0.4, 0.5) is 0 Å². The van der Waals surface area contributed by atoms with Gasteiger partial charge in [0.1, 0.15) is 4.21 Å². The van der Waals surface area contributed by atoms with E-state index in [0.717, 1.165) is 11.3 Å². The second-order valence-corrected chi connectivity index (χ2v) is 8.48. The molecule has 1 atom stereocenters. The minimum atomic E-state index is -3.62. The number of carbonyl (C=O) groups is 1. The zero-order chi connectivity index (χ0) is 14.8. The van der Waals surface area contributed by atoms with Crippen molar-refractivity contribution in [3.05, 3.63) is 17.0 Å². The molecule has 0 radical (unpaired) electrons. The van der Waals surface area contributed by atoms with Gasteiger partial charge in [-0.05, 0) is 17.4 Å². The van der Waals surface area contributed by atoms with Gasteiger partial charge in [-0.25, -0.2) is 17.9 Å². The van der Waals surface area contributed by atoms with E-state index in [0.29, 0.717) is 6.54 Å². The monoisotopic (exact) mass is 305 g/mol. The first-order chi connectivity index (χ1) is 8.54. The number of hydrogen-bond donors (Lipinski definition) is 2. The number of sulfonamides is 1. The summed E-state index contributed by atoms with van der Waals surface area (Å²) in [4.78, 5) is 10.7. The molecular formula is C12H19NO4S2. The second-order valence-electron chi connectivity index (χ2n) is 5.58. The van der Waals surface area contributed by atoms with Gasteiger partial charge in [0.25, 0.3) is 0 Å². The maximum Gasteiger partial charge on any atom is 0.336 e. The van der Waals surface area contributed by atoms with Crippen LogP contribution < -0.4 is 4.72 Å². The van der Waals surface area contributed by atoms with Crippen LogP contribution in [0.15, 0.2) is 15.7 Å². The molecule has 19 heavy (non-hydrogen) atoms. The summed E-state index contributed by atoms with van der Waals surface area (Å²) >= 11 is 0.913. The molecule has 0 saturated carbocycles. The highest BCUT2D eigenvalue weighted by atomic mass is 32.2. The first-order valence-corrected chi connectivity index (χ1v) is 8.22. The lowest BCUT2D eigenvalue weighted by atomic mass is 9.82. The molecule has 1 aromatic rings. The lowest BCUT2D eigenvalue weighted by Gasteiger charge is -2.27. The van der Waals surface area contributed by atoms with Gasteiger partial charge in [0.15, 0.2) is 0 Å². The molecule has 0 amide bonds. The number of carboxylic acids is 1. The third-order valence-electron chi connectivity index (χ3n) is 3.15. The van der Waals surface area contributed by atoms with E-state index in [2.05, 4.69) is 4.72 Å². The van der Waals surface area contributed by atoms with Crippen LogP contribution in [-0.2, 0) is 10.0 Å². The fourth-order valence-electron chi connectivity index (χ4n) is 1.18. The summed E-state index contributed by atoms with van der Waals surface area (Å²) in [5.74, 6) is -0.957. The Morgan fingerprint density at radius 3 is 2.47 bits per heavy atom. The Hall–Kier alpha value is -0.920. The van der Waals surface area contributed by atoms with Crippen LogP contribution in [0.2, 0.25) is 0 Å². The summed E-state index contributed by atoms with van der Waals surface area (Å²) in [7, 11) is -3.62. The molecule has 0 bridgehead atoms. The van der Waals surface area contributed by atoms with Crippen LogP contribution in [0, 0.1) is 11.3 Å². The Labute approximate surface area is 117 Å². The molecule has 1 rings (SSSR count). The van der Waals surface area contributed by atoms with Gasteiger partial charge in [-0.3, -0.25) is 0 Å². The minimum Gasteiger partial charge on any atom is -0.478 e. The van der Waals surface area contributed by atoms with Crippen molar-refractivity contribution in [1.82, 2.24) is 4.72 Å². The summed E-state index contributed by atoms with van der Waals surface area (Å²) in [6.45, 7) is 8.42. The lowest BCUT2D eigenvalue weighted by Crippen LogP contribution is -2.33. The van der Waals surface area contributed by atoms with E-state index in [-0.39, 0.29) is 21.1 Å². The van der Waals surface area contributed by atoms with Crippen LogP contribution in [0.3, 0.4) is 0 Å². The van der Waals surface area contributed by atoms with Crippen LogP contribution in [-0.4, -0.2) is 26.0 Å². The number of aromatic carboxylic acids is 1. The van der Waals surface area contributed by atoms with Crippen LogP contribution in [0.5, 0.6) is 0 Å². The summed E-state index contributed by atoms with van der Waals surface area (Å²) < 4.78 is 26.6. The predicted molar refractivity (Wildman–Crippen MR) is 75.1 cm³/mol. The Balaban J connectivity index is 2.79. The standard InChI is InChI=1S/C12H19NO4S2/c1-8(12(2,3)4)6-13-19(16,17)10-5-9(7-18-10)11(14)15/h5,7-8,13H,6H2,1-4H3,(H,14,15). The van der Waals surface area contributed by atoms with E-state index in [1.54, 1.807) is 0 Å². The van der Waals surface area contributed by atoms with Gasteiger partial charge in [-0.1, -0.05) is 27.7 Å². The average Bonchev–Trinajstić information content (AvgIpc) is 2.74. The molecule has 0 spiro atoms. The quantitative estimate of drug-likeness (QED) is 0.875. The van der Waals surface area contributed by atoms with Crippen molar-refractivity contribution in [3.63, 3.8) is 0 Å². The Bertz CT molecular complexity index is 555. The molecule has 0 fully saturated rings. The Morgan fingerprint density at radius 1 is 1.47 bits per heavy atom. The molecule has 0 saturated heterocycles. The summed E-state index contributed by atoms with van der Waals surface area (Å²) in [5, 5.41) is 10.1. The van der Waals surface area contributed by atoms with E-state index < -0.39 is 16.0 Å². The third kappa shape index (κ3) is 4.29. The van der Waals surface area contributed by atoms with Crippen molar-refractivity contribution in [2.24, 2.45) is 11.3 Å². The van der Waals surface area contributed by atoms with Crippen molar-refractivity contribution in [1.29, 1.82) is 0 Å². The SMILES string of the molecule is CC(CNS(=O)(=O)c1cc(C(=O)O)cs1)C(C)(C)C. The number of nitrogens with one attached hydrogen (secondary N) is 1. The van der Waals surface area contributed by atoms with Crippen molar-refractivity contribution >= 4 is 27.3 Å². The molecule has 1 heterocycles. The highest BCUT2D eigenvalue weighted by molar-refractivity contribution is 7.91. The maximum absolute atomic E-state index is 12.0. The number of carboxylic acid groups (broad SMARTS) is 1. The average molecular weight is 305 g/mol. The van der Waals surface area contributed by atoms with Crippen LogP contribution in [0.1, 0.15) is 38.1 Å². The maximum atomic E-state index is 12.0. The van der Waals surface area contributed by atoms with E-state index in [9.17, 15) is 13.2 Å². The van der Waals surface area contributed by atoms with Crippen LogP contribution >= 0.6 is 11.3 Å². The summed E-state index contributed by atoms with van der Waals surface area (Å²) in [6, 6.07) is 1.18. The van der Waals surface area contributed by atoms with Crippen LogP contribution in [0.25, 0.3) is 0 Å². The zero-order valence-electron chi connectivity index (χ0n) is 11.4. The van der Waals surface area contributed by atoms with Gasteiger partial charge in [-0.15, -0.1) is 11.3 Å². The molecule has 5 nitrogen and oxygen atoms in total. The molecule has 1 aromatic heterocycles. The number of rotatable bonds is 5. The van der Waals surface area contributed by atoms with Gasteiger partial charge in [-0.2, -0.15) is 0 Å². The van der Waals surface area contributed by atoms with E-state index in [1.807, 2.05) is 27.7 Å². The van der Waals surface area contributed by atoms with Gasteiger partial charge in [0.05, 0.1) is 5.56 Å². The van der Waals surface area contributed by atoms with Gasteiger partial charge < -0.3 is 5.11 Å². The zero-order valence-corrected chi connectivity index (χ0v) is 13.1. The highest BCUT2D eigenvalue weighted by Crippen LogP contribution is 2.25. The van der Waals surface area contributed by atoms with E-state index in [1.165, 1.54) is 11.4 Å². The van der Waals surface area contributed by atoms with Gasteiger partial charge in [0.2, 0.25) is 10.0 Å². The normalized spacial score (nSPS) is 14.3. The molecule has 0 aliphatic heterocycles. The molecule has 1 unspecified atom stereocenters. The minimum absolute atomic E-state index is 0.00416. The molecule has 0 aliphatic rings. The fraction of sp³-hybridized carbons (Fsp3) is 0.583. The first-order valence-electron chi connectivity index (χ1n) is 5.85. The topological polar surface area (TPSA) is 83.5 Å².